The lowest BCUT2D eigenvalue weighted by atomic mass is 10.1. The maximum atomic E-state index is 6.14. The Balaban J connectivity index is 1.61. The van der Waals surface area contributed by atoms with Crippen LogP contribution in [0.15, 0.2) is 61.2 Å². The molecule has 0 spiro atoms. The van der Waals surface area contributed by atoms with Crippen molar-refractivity contribution in [1.29, 1.82) is 0 Å². The predicted molar refractivity (Wildman–Crippen MR) is 115 cm³/mol. The van der Waals surface area contributed by atoms with E-state index in [0.29, 0.717) is 6.42 Å². The number of aryl methyl sites for hydroxylation is 2. The zero-order valence-corrected chi connectivity index (χ0v) is 17.3. The quantitative estimate of drug-likeness (QED) is 0.458. The second-order valence-electron chi connectivity index (χ2n) is 6.93. The molecule has 0 N–H and O–H groups in total. The summed E-state index contributed by atoms with van der Waals surface area (Å²) in [5, 5.41) is 0.753. The number of rotatable bonds is 5. The molecule has 0 aliphatic heterocycles. The van der Waals surface area contributed by atoms with Crippen molar-refractivity contribution in [1.82, 2.24) is 19.5 Å². The molecule has 6 heteroatoms. The Hall–Kier alpha value is -3.18. The Kier molecular flexibility index (Phi) is 5.32. The van der Waals surface area contributed by atoms with Crippen LogP contribution in [0.2, 0.25) is 5.02 Å². The average Bonchev–Trinajstić information content (AvgIpc) is 3.16. The third-order valence-electron chi connectivity index (χ3n) is 4.76. The minimum absolute atomic E-state index is 0.611. The molecular formula is C23H21ClN4O. The van der Waals surface area contributed by atoms with Gasteiger partial charge in [-0.25, -0.2) is 15.0 Å². The molecule has 0 radical (unpaired) electrons. The molecule has 146 valence electrons. The molecule has 5 nitrogen and oxygen atoms in total. The van der Waals surface area contributed by atoms with Crippen LogP contribution in [0.25, 0.3) is 16.9 Å². The number of aromatic nitrogens is 4. The Morgan fingerprint density at radius 3 is 2.62 bits per heavy atom. The van der Waals surface area contributed by atoms with Crippen molar-refractivity contribution >= 4 is 11.6 Å². The van der Waals surface area contributed by atoms with Crippen molar-refractivity contribution < 1.29 is 4.74 Å². The van der Waals surface area contributed by atoms with Gasteiger partial charge in [0.05, 0.1) is 30.5 Å². The number of hydrogen-bond acceptors (Lipinski definition) is 4. The van der Waals surface area contributed by atoms with Crippen LogP contribution >= 0.6 is 11.6 Å². The van der Waals surface area contributed by atoms with Crippen molar-refractivity contribution in [2.45, 2.75) is 20.3 Å². The van der Waals surface area contributed by atoms with Crippen LogP contribution in [0, 0.1) is 13.8 Å². The van der Waals surface area contributed by atoms with E-state index in [4.69, 9.17) is 21.3 Å². The molecular weight excluding hydrogens is 384 g/mol. The largest absolute Gasteiger partial charge is 0.495 e. The Bertz CT molecular complexity index is 1170. The number of halogens is 1. The van der Waals surface area contributed by atoms with E-state index in [1.54, 1.807) is 19.6 Å². The number of hydrogen-bond donors (Lipinski definition) is 0. The molecule has 2 aromatic carbocycles. The van der Waals surface area contributed by atoms with Crippen LogP contribution in [0.4, 0.5) is 0 Å². The molecule has 0 saturated heterocycles. The summed E-state index contributed by atoms with van der Waals surface area (Å²) in [5.41, 5.74) is 5.92. The molecule has 4 rings (SSSR count). The summed E-state index contributed by atoms with van der Waals surface area (Å²) in [5.74, 6) is 1.53. The van der Waals surface area contributed by atoms with Crippen LogP contribution in [-0.4, -0.2) is 26.6 Å². The van der Waals surface area contributed by atoms with Gasteiger partial charge in [0, 0.05) is 29.4 Å². The molecule has 0 fully saturated rings. The second kappa shape index (κ2) is 8.05. The molecule has 29 heavy (non-hydrogen) atoms. The predicted octanol–water partition coefficient (Wildman–Crippen LogP) is 5.20. The average molecular weight is 405 g/mol. The lowest BCUT2D eigenvalue weighted by Gasteiger charge is -2.11. The molecule has 4 aromatic rings. The topological polar surface area (TPSA) is 52.8 Å². The van der Waals surface area contributed by atoms with E-state index < -0.39 is 0 Å². The number of ether oxygens (including phenoxy) is 1. The van der Waals surface area contributed by atoms with Gasteiger partial charge in [-0.05, 0) is 55.3 Å². The normalized spacial score (nSPS) is 10.9. The standard InChI is InChI=1S/C23H21ClN4O/c1-15-10-18(5-6-19(15)24)20-8-9-25-23(27-20)12-17-4-7-21(22(11-17)29-3)28-13-16(2)26-14-28/h4-11,13-14H,12H2,1-3H3. The summed E-state index contributed by atoms with van der Waals surface area (Å²) in [4.78, 5) is 13.5. The van der Waals surface area contributed by atoms with Crippen molar-refractivity contribution in [3.05, 3.63) is 88.9 Å². The van der Waals surface area contributed by atoms with Crippen LogP contribution in [0.1, 0.15) is 22.6 Å². The van der Waals surface area contributed by atoms with Gasteiger partial charge in [0.2, 0.25) is 0 Å². The Labute approximate surface area is 175 Å². The Morgan fingerprint density at radius 1 is 1.03 bits per heavy atom. The van der Waals surface area contributed by atoms with Gasteiger partial charge < -0.3 is 9.30 Å². The minimum atomic E-state index is 0.611. The van der Waals surface area contributed by atoms with Crippen molar-refractivity contribution in [2.75, 3.05) is 7.11 Å². The van der Waals surface area contributed by atoms with E-state index in [0.717, 1.165) is 50.4 Å². The fourth-order valence-electron chi connectivity index (χ4n) is 3.23. The smallest absolute Gasteiger partial charge is 0.143 e. The highest BCUT2D eigenvalue weighted by Crippen LogP contribution is 2.26. The number of nitrogens with zero attached hydrogens (tertiary/aromatic N) is 4. The maximum absolute atomic E-state index is 6.14. The van der Waals surface area contributed by atoms with Gasteiger partial charge in [0.1, 0.15) is 11.6 Å². The SMILES string of the molecule is COc1cc(Cc2nccc(-c3ccc(Cl)c(C)c3)n2)ccc1-n1cnc(C)c1. The van der Waals surface area contributed by atoms with E-state index in [-0.39, 0.29) is 0 Å². The summed E-state index contributed by atoms with van der Waals surface area (Å²) < 4.78 is 7.56. The zero-order chi connectivity index (χ0) is 20.4. The summed E-state index contributed by atoms with van der Waals surface area (Å²) >= 11 is 6.14. The molecule has 0 aliphatic carbocycles. The summed E-state index contributed by atoms with van der Waals surface area (Å²) in [6.07, 6.45) is 6.16. The molecule has 0 aliphatic rings. The number of benzene rings is 2. The van der Waals surface area contributed by atoms with Crippen molar-refractivity contribution in [2.24, 2.45) is 0 Å². The van der Waals surface area contributed by atoms with Crippen LogP contribution in [0.3, 0.4) is 0 Å². The number of methoxy groups -OCH3 is 1. The lowest BCUT2D eigenvalue weighted by Crippen LogP contribution is -2.00. The molecule has 0 bridgehead atoms. The molecule has 0 atom stereocenters. The van der Waals surface area contributed by atoms with Gasteiger partial charge in [0.15, 0.2) is 0 Å². The Morgan fingerprint density at radius 2 is 1.90 bits per heavy atom. The highest BCUT2D eigenvalue weighted by atomic mass is 35.5. The van der Waals surface area contributed by atoms with Gasteiger partial charge in [-0.1, -0.05) is 23.7 Å². The van der Waals surface area contributed by atoms with Crippen molar-refractivity contribution in [3.63, 3.8) is 0 Å². The second-order valence-corrected chi connectivity index (χ2v) is 7.33. The van der Waals surface area contributed by atoms with E-state index >= 15 is 0 Å². The first-order chi connectivity index (χ1) is 14.0. The lowest BCUT2D eigenvalue weighted by molar-refractivity contribution is 0.412. The van der Waals surface area contributed by atoms with Crippen molar-refractivity contribution in [3.8, 4) is 22.7 Å². The van der Waals surface area contributed by atoms with Gasteiger partial charge in [-0.15, -0.1) is 0 Å². The number of imidazole rings is 1. The molecule has 2 heterocycles. The first-order valence-corrected chi connectivity index (χ1v) is 9.67. The van der Waals surface area contributed by atoms with Crippen LogP contribution in [0.5, 0.6) is 5.75 Å². The van der Waals surface area contributed by atoms with E-state index in [2.05, 4.69) is 16.0 Å². The first-order valence-electron chi connectivity index (χ1n) is 9.30. The summed E-state index contributed by atoms with van der Waals surface area (Å²) in [6, 6.07) is 13.9. The highest BCUT2D eigenvalue weighted by Gasteiger charge is 2.10. The third kappa shape index (κ3) is 4.15. The first kappa shape index (κ1) is 19.2. The zero-order valence-electron chi connectivity index (χ0n) is 16.6. The fourth-order valence-corrected chi connectivity index (χ4v) is 3.35. The van der Waals surface area contributed by atoms with Crippen LogP contribution in [-0.2, 0) is 6.42 Å². The monoisotopic (exact) mass is 404 g/mol. The summed E-state index contributed by atoms with van der Waals surface area (Å²) in [7, 11) is 1.67. The van der Waals surface area contributed by atoms with Gasteiger partial charge in [-0.3, -0.25) is 0 Å². The summed E-state index contributed by atoms with van der Waals surface area (Å²) in [6.45, 7) is 3.95. The highest BCUT2D eigenvalue weighted by molar-refractivity contribution is 6.31. The maximum Gasteiger partial charge on any atom is 0.143 e. The fraction of sp³-hybridized carbons (Fsp3) is 0.174. The van der Waals surface area contributed by atoms with Gasteiger partial charge in [-0.2, -0.15) is 0 Å². The third-order valence-corrected chi connectivity index (χ3v) is 5.18. The minimum Gasteiger partial charge on any atom is -0.495 e. The molecule has 0 unspecified atom stereocenters. The van der Waals surface area contributed by atoms with Crippen LogP contribution < -0.4 is 4.74 Å². The molecule has 0 saturated carbocycles. The van der Waals surface area contributed by atoms with E-state index in [1.165, 1.54) is 0 Å². The van der Waals surface area contributed by atoms with E-state index in [1.807, 2.05) is 61.0 Å². The molecule has 0 amide bonds. The molecule has 2 aromatic heterocycles. The van der Waals surface area contributed by atoms with Gasteiger partial charge in [0.25, 0.3) is 0 Å². The van der Waals surface area contributed by atoms with E-state index in [9.17, 15) is 0 Å². The van der Waals surface area contributed by atoms with Gasteiger partial charge >= 0.3 is 0 Å².